The van der Waals surface area contributed by atoms with Crippen LogP contribution in [0.15, 0.2) is 41.2 Å². The number of nitrogens with zero attached hydrogens (tertiary/aromatic N) is 5. The fourth-order valence-electron chi connectivity index (χ4n) is 2.62. The molecule has 0 aliphatic carbocycles. The van der Waals surface area contributed by atoms with Crippen LogP contribution >= 0.6 is 0 Å². The molecule has 132 valence electrons. The molecule has 0 N–H and O–H groups in total. The maximum absolute atomic E-state index is 13.5. The van der Waals surface area contributed by atoms with Crippen molar-refractivity contribution in [3.05, 3.63) is 59.5 Å². The van der Waals surface area contributed by atoms with E-state index in [4.69, 9.17) is 4.52 Å². The molecule has 4 aromatic rings. The molecule has 1 aromatic carbocycles. The van der Waals surface area contributed by atoms with Gasteiger partial charge in [0.05, 0.1) is 30.2 Å². The lowest BCUT2D eigenvalue weighted by molar-refractivity contribution is 0.146. The summed E-state index contributed by atoms with van der Waals surface area (Å²) >= 11 is 0. The molecule has 0 fully saturated rings. The zero-order valence-corrected chi connectivity index (χ0v) is 13.5. The van der Waals surface area contributed by atoms with Crippen molar-refractivity contribution in [3.63, 3.8) is 0 Å². The van der Waals surface area contributed by atoms with Crippen molar-refractivity contribution in [2.24, 2.45) is 0 Å². The van der Waals surface area contributed by atoms with Crippen LogP contribution in [0.1, 0.15) is 23.4 Å². The number of hydrogen-bond donors (Lipinski definition) is 0. The van der Waals surface area contributed by atoms with Crippen molar-refractivity contribution in [2.45, 2.75) is 19.9 Å². The topological polar surface area (TPSA) is 69.6 Å². The standard InChI is InChI=1S/C17H12F3N5O/c1-9-4-11(24-26-9)8-25-17-15(7-22-25)21-6-14(23-17)10-2-3-13(18)12(5-10)16(19)20/h2-7,16H,8H2,1H3. The Kier molecular flexibility index (Phi) is 3.90. The van der Waals surface area contributed by atoms with Gasteiger partial charge < -0.3 is 4.52 Å². The van der Waals surface area contributed by atoms with E-state index in [2.05, 4.69) is 20.2 Å². The molecule has 4 rings (SSSR count). The van der Waals surface area contributed by atoms with Gasteiger partial charge in [-0.1, -0.05) is 5.16 Å². The van der Waals surface area contributed by atoms with Gasteiger partial charge in [0.1, 0.15) is 22.8 Å². The molecule has 0 radical (unpaired) electrons. The smallest absolute Gasteiger partial charge is 0.266 e. The van der Waals surface area contributed by atoms with E-state index in [9.17, 15) is 13.2 Å². The number of aromatic nitrogens is 5. The van der Waals surface area contributed by atoms with Gasteiger partial charge in [-0.15, -0.1) is 0 Å². The number of benzene rings is 1. The number of fused-ring (bicyclic) bond motifs is 1. The van der Waals surface area contributed by atoms with E-state index in [0.717, 1.165) is 12.1 Å². The summed E-state index contributed by atoms with van der Waals surface area (Å²) in [4.78, 5) is 8.70. The first-order chi connectivity index (χ1) is 12.5. The van der Waals surface area contributed by atoms with Crippen molar-refractivity contribution >= 4 is 11.2 Å². The first-order valence-electron chi connectivity index (χ1n) is 7.70. The van der Waals surface area contributed by atoms with Gasteiger partial charge in [0.15, 0.2) is 5.65 Å². The Labute approximate surface area is 145 Å². The van der Waals surface area contributed by atoms with Crippen LogP contribution in [0.5, 0.6) is 0 Å². The van der Waals surface area contributed by atoms with Crippen LogP contribution < -0.4 is 0 Å². The summed E-state index contributed by atoms with van der Waals surface area (Å²) in [5.41, 5.74) is 1.70. The summed E-state index contributed by atoms with van der Waals surface area (Å²) in [5.74, 6) is -0.279. The Hall–Kier alpha value is -3.23. The summed E-state index contributed by atoms with van der Waals surface area (Å²) < 4.78 is 46.0. The number of alkyl halides is 2. The molecule has 9 heteroatoms. The molecule has 26 heavy (non-hydrogen) atoms. The van der Waals surface area contributed by atoms with Crippen LogP contribution in [0.3, 0.4) is 0 Å². The summed E-state index contributed by atoms with van der Waals surface area (Å²) in [6.07, 6.45) is 0.0818. The predicted molar refractivity (Wildman–Crippen MR) is 86.0 cm³/mol. The van der Waals surface area contributed by atoms with Gasteiger partial charge >= 0.3 is 0 Å². The van der Waals surface area contributed by atoms with Crippen LogP contribution in [0.4, 0.5) is 13.2 Å². The molecular weight excluding hydrogens is 347 g/mol. The molecule has 0 bridgehead atoms. The van der Waals surface area contributed by atoms with E-state index in [1.165, 1.54) is 12.3 Å². The largest absolute Gasteiger partial charge is 0.361 e. The van der Waals surface area contributed by atoms with E-state index in [-0.39, 0.29) is 0 Å². The highest BCUT2D eigenvalue weighted by Gasteiger charge is 2.16. The lowest BCUT2D eigenvalue weighted by atomic mass is 10.1. The number of aryl methyl sites for hydroxylation is 1. The zero-order chi connectivity index (χ0) is 18.3. The number of halogens is 3. The lowest BCUT2D eigenvalue weighted by Gasteiger charge is -2.06. The van der Waals surface area contributed by atoms with Crippen molar-refractivity contribution in [1.82, 2.24) is 24.9 Å². The molecule has 0 aliphatic heterocycles. The van der Waals surface area contributed by atoms with Crippen LogP contribution in [-0.4, -0.2) is 24.9 Å². The Morgan fingerprint density at radius 3 is 2.77 bits per heavy atom. The molecule has 0 saturated heterocycles. The van der Waals surface area contributed by atoms with E-state index >= 15 is 0 Å². The highest BCUT2D eigenvalue weighted by Crippen LogP contribution is 2.27. The molecule has 0 amide bonds. The third kappa shape index (κ3) is 2.92. The van der Waals surface area contributed by atoms with Gasteiger partial charge in [-0.3, -0.25) is 0 Å². The van der Waals surface area contributed by atoms with E-state index < -0.39 is 17.8 Å². The molecule has 0 atom stereocenters. The Morgan fingerprint density at radius 2 is 2.04 bits per heavy atom. The summed E-state index contributed by atoms with van der Waals surface area (Å²) in [7, 11) is 0. The highest BCUT2D eigenvalue weighted by atomic mass is 19.3. The third-order valence-electron chi connectivity index (χ3n) is 3.86. The van der Waals surface area contributed by atoms with E-state index in [1.807, 2.05) is 0 Å². The van der Waals surface area contributed by atoms with Crippen LogP contribution in [0, 0.1) is 12.7 Å². The van der Waals surface area contributed by atoms with Crippen molar-refractivity contribution in [3.8, 4) is 11.3 Å². The summed E-state index contributed by atoms with van der Waals surface area (Å²) in [5, 5.41) is 8.13. The van der Waals surface area contributed by atoms with Crippen LogP contribution in [-0.2, 0) is 6.54 Å². The molecule has 0 unspecified atom stereocenters. The van der Waals surface area contributed by atoms with Crippen molar-refractivity contribution < 1.29 is 17.7 Å². The first kappa shape index (κ1) is 16.2. The third-order valence-corrected chi connectivity index (χ3v) is 3.86. The van der Waals surface area contributed by atoms with E-state index in [0.29, 0.717) is 40.4 Å². The van der Waals surface area contributed by atoms with Gasteiger partial charge in [-0.25, -0.2) is 27.8 Å². The Bertz CT molecular complexity index is 1090. The number of rotatable bonds is 4. The second kappa shape index (κ2) is 6.25. The zero-order valence-electron chi connectivity index (χ0n) is 13.5. The SMILES string of the molecule is Cc1cc(Cn2ncc3ncc(-c4ccc(F)c(C(F)F)c4)nc32)no1. The highest BCUT2D eigenvalue weighted by molar-refractivity contribution is 5.73. The fourth-order valence-corrected chi connectivity index (χ4v) is 2.62. The summed E-state index contributed by atoms with van der Waals surface area (Å²) in [6, 6.07) is 5.24. The van der Waals surface area contributed by atoms with Gasteiger partial charge in [0.2, 0.25) is 0 Å². The molecule has 3 aromatic heterocycles. The van der Waals surface area contributed by atoms with Gasteiger partial charge in [0, 0.05) is 11.6 Å². The fraction of sp³-hybridized carbons (Fsp3) is 0.176. The first-order valence-corrected chi connectivity index (χ1v) is 7.70. The lowest BCUT2D eigenvalue weighted by Crippen LogP contribution is -2.03. The monoisotopic (exact) mass is 359 g/mol. The van der Waals surface area contributed by atoms with Gasteiger partial charge in [-0.05, 0) is 25.1 Å². The quantitative estimate of drug-likeness (QED) is 0.552. The van der Waals surface area contributed by atoms with Crippen molar-refractivity contribution in [2.75, 3.05) is 0 Å². The molecule has 0 spiro atoms. The average Bonchev–Trinajstić information content (AvgIpc) is 3.21. The van der Waals surface area contributed by atoms with Crippen LogP contribution in [0.2, 0.25) is 0 Å². The maximum atomic E-state index is 13.5. The molecule has 0 saturated carbocycles. The minimum atomic E-state index is -2.91. The van der Waals surface area contributed by atoms with Crippen LogP contribution in [0.25, 0.3) is 22.4 Å². The molecule has 3 heterocycles. The number of hydrogen-bond acceptors (Lipinski definition) is 5. The Morgan fingerprint density at radius 1 is 1.19 bits per heavy atom. The Balaban J connectivity index is 1.75. The molecule has 6 nitrogen and oxygen atoms in total. The second-order valence-electron chi connectivity index (χ2n) is 5.73. The average molecular weight is 359 g/mol. The normalized spacial score (nSPS) is 11.6. The molecular formula is C17H12F3N5O. The van der Waals surface area contributed by atoms with E-state index in [1.54, 1.807) is 23.9 Å². The van der Waals surface area contributed by atoms with Crippen molar-refractivity contribution in [1.29, 1.82) is 0 Å². The second-order valence-corrected chi connectivity index (χ2v) is 5.73. The maximum Gasteiger partial charge on any atom is 0.266 e. The van der Waals surface area contributed by atoms with Gasteiger partial charge in [0.25, 0.3) is 6.43 Å². The predicted octanol–water partition coefficient (Wildman–Crippen LogP) is 3.91. The summed E-state index contributed by atoms with van der Waals surface area (Å²) in [6.45, 7) is 2.11. The van der Waals surface area contributed by atoms with Gasteiger partial charge in [-0.2, -0.15) is 5.10 Å². The molecule has 0 aliphatic rings. The minimum absolute atomic E-state index is 0.324. The minimum Gasteiger partial charge on any atom is -0.361 e.